The number of carboxylic acid groups (broad SMARTS) is 1. The van der Waals surface area contributed by atoms with Crippen LogP contribution in [0, 0.1) is 0 Å². The molecule has 4 nitrogen and oxygen atoms in total. The molecule has 0 amide bonds. The van der Waals surface area contributed by atoms with Gasteiger partial charge in [0.05, 0.1) is 7.11 Å². The van der Waals surface area contributed by atoms with Crippen LogP contribution in [-0.2, 0) is 17.6 Å². The fourth-order valence-corrected chi connectivity index (χ4v) is 1.58. The molecule has 0 radical (unpaired) electrons. The third-order valence-electron chi connectivity index (χ3n) is 2.55. The second kappa shape index (κ2) is 5.51. The third kappa shape index (κ3) is 2.97. The molecule has 0 heterocycles. The third-order valence-corrected chi connectivity index (χ3v) is 2.55. The Labute approximate surface area is 95.0 Å². The Hall–Kier alpha value is -1.55. The van der Waals surface area contributed by atoms with Crippen LogP contribution >= 0.6 is 0 Å². The molecule has 0 aliphatic carbocycles. The van der Waals surface area contributed by atoms with Gasteiger partial charge in [0.25, 0.3) is 0 Å². The smallest absolute Gasteiger partial charge is 0.320 e. The molecule has 0 spiro atoms. The second-order valence-corrected chi connectivity index (χ2v) is 3.64. The van der Waals surface area contributed by atoms with Crippen LogP contribution < -0.4 is 10.5 Å². The van der Waals surface area contributed by atoms with Crippen LogP contribution in [0.25, 0.3) is 0 Å². The first-order valence-electron chi connectivity index (χ1n) is 5.22. The van der Waals surface area contributed by atoms with Crippen LogP contribution in [0.5, 0.6) is 5.75 Å². The van der Waals surface area contributed by atoms with Gasteiger partial charge < -0.3 is 15.6 Å². The van der Waals surface area contributed by atoms with E-state index >= 15 is 0 Å². The number of hydrogen-bond acceptors (Lipinski definition) is 3. The highest BCUT2D eigenvalue weighted by molar-refractivity contribution is 5.73. The Balaban J connectivity index is 2.91. The molecule has 0 unspecified atom stereocenters. The van der Waals surface area contributed by atoms with Gasteiger partial charge in [-0.2, -0.15) is 0 Å². The first kappa shape index (κ1) is 12.5. The highest BCUT2D eigenvalue weighted by Gasteiger charge is 2.14. The van der Waals surface area contributed by atoms with Crippen LogP contribution in [-0.4, -0.2) is 24.2 Å². The Morgan fingerprint density at radius 2 is 2.19 bits per heavy atom. The van der Waals surface area contributed by atoms with Gasteiger partial charge in [0.15, 0.2) is 0 Å². The van der Waals surface area contributed by atoms with E-state index in [-0.39, 0.29) is 0 Å². The molecular formula is C12H17NO3. The zero-order chi connectivity index (χ0) is 12.1. The van der Waals surface area contributed by atoms with E-state index in [9.17, 15) is 4.79 Å². The summed E-state index contributed by atoms with van der Waals surface area (Å²) in [4.78, 5) is 10.7. The number of carbonyl (C=O) groups is 1. The molecule has 3 N–H and O–H groups in total. The first-order valence-corrected chi connectivity index (χ1v) is 5.22. The molecule has 4 heteroatoms. The van der Waals surface area contributed by atoms with E-state index in [1.165, 1.54) is 0 Å². The quantitative estimate of drug-likeness (QED) is 0.787. The van der Waals surface area contributed by atoms with E-state index in [0.29, 0.717) is 6.42 Å². The predicted octanol–water partition coefficient (Wildman–Crippen LogP) is 1.21. The molecule has 16 heavy (non-hydrogen) atoms. The average Bonchev–Trinajstić information content (AvgIpc) is 2.29. The zero-order valence-electron chi connectivity index (χ0n) is 9.56. The van der Waals surface area contributed by atoms with Crippen molar-refractivity contribution in [2.45, 2.75) is 25.8 Å². The number of ether oxygens (including phenoxy) is 1. The van der Waals surface area contributed by atoms with Gasteiger partial charge in [-0.1, -0.05) is 13.0 Å². The number of benzene rings is 1. The van der Waals surface area contributed by atoms with Gasteiger partial charge in [0.2, 0.25) is 0 Å². The van der Waals surface area contributed by atoms with Crippen LogP contribution in [0.3, 0.4) is 0 Å². The number of hydrogen-bond donors (Lipinski definition) is 2. The summed E-state index contributed by atoms with van der Waals surface area (Å²) >= 11 is 0. The molecule has 1 rings (SSSR count). The Bertz CT molecular complexity index is 377. The molecule has 0 bridgehead atoms. The van der Waals surface area contributed by atoms with Crippen molar-refractivity contribution < 1.29 is 14.6 Å². The molecular weight excluding hydrogens is 206 g/mol. The molecule has 0 fully saturated rings. The van der Waals surface area contributed by atoms with Crippen molar-refractivity contribution >= 4 is 5.97 Å². The monoisotopic (exact) mass is 223 g/mol. The van der Waals surface area contributed by atoms with Crippen LogP contribution in [0.1, 0.15) is 18.1 Å². The van der Waals surface area contributed by atoms with E-state index in [2.05, 4.69) is 0 Å². The summed E-state index contributed by atoms with van der Waals surface area (Å²) < 4.78 is 5.12. The van der Waals surface area contributed by atoms with Crippen molar-refractivity contribution in [1.29, 1.82) is 0 Å². The van der Waals surface area contributed by atoms with Gasteiger partial charge in [-0.15, -0.1) is 0 Å². The van der Waals surface area contributed by atoms with Crippen molar-refractivity contribution in [1.82, 2.24) is 0 Å². The lowest BCUT2D eigenvalue weighted by molar-refractivity contribution is -0.138. The van der Waals surface area contributed by atoms with Crippen molar-refractivity contribution in [3.05, 3.63) is 29.3 Å². The predicted molar refractivity (Wildman–Crippen MR) is 61.7 cm³/mol. The van der Waals surface area contributed by atoms with Crippen molar-refractivity contribution in [2.75, 3.05) is 7.11 Å². The van der Waals surface area contributed by atoms with E-state index < -0.39 is 12.0 Å². The van der Waals surface area contributed by atoms with Gasteiger partial charge >= 0.3 is 5.97 Å². The van der Waals surface area contributed by atoms with Gasteiger partial charge in [0.1, 0.15) is 11.8 Å². The van der Waals surface area contributed by atoms with Gasteiger partial charge in [-0.05, 0) is 36.1 Å². The van der Waals surface area contributed by atoms with E-state index in [1.807, 2.05) is 25.1 Å². The Kier molecular flexibility index (Phi) is 4.31. The van der Waals surface area contributed by atoms with Gasteiger partial charge in [0, 0.05) is 0 Å². The highest BCUT2D eigenvalue weighted by Crippen LogP contribution is 2.19. The van der Waals surface area contributed by atoms with E-state index in [0.717, 1.165) is 23.3 Å². The minimum Gasteiger partial charge on any atom is -0.497 e. The minimum atomic E-state index is -0.974. The molecule has 0 aliphatic heterocycles. The summed E-state index contributed by atoms with van der Waals surface area (Å²) in [6.45, 7) is 2.02. The van der Waals surface area contributed by atoms with E-state index in [1.54, 1.807) is 7.11 Å². The van der Waals surface area contributed by atoms with Crippen LogP contribution in [0.15, 0.2) is 18.2 Å². The lowest BCUT2D eigenvalue weighted by atomic mass is 9.98. The molecule has 0 saturated heterocycles. The lowest BCUT2D eigenvalue weighted by Gasteiger charge is -2.12. The average molecular weight is 223 g/mol. The highest BCUT2D eigenvalue weighted by atomic mass is 16.5. The van der Waals surface area contributed by atoms with Crippen molar-refractivity contribution in [2.24, 2.45) is 5.73 Å². The maximum absolute atomic E-state index is 10.7. The zero-order valence-corrected chi connectivity index (χ0v) is 9.56. The van der Waals surface area contributed by atoms with Gasteiger partial charge in [-0.3, -0.25) is 4.79 Å². The SMILES string of the molecule is CCc1cc(OC)ccc1C[C@H](N)C(=O)O. The molecule has 0 aliphatic rings. The maximum Gasteiger partial charge on any atom is 0.320 e. The standard InChI is InChI=1S/C12H17NO3/c1-3-8-6-10(16-2)5-4-9(8)7-11(13)12(14)15/h4-6,11H,3,7,13H2,1-2H3,(H,14,15)/t11-/m0/s1. The fourth-order valence-electron chi connectivity index (χ4n) is 1.58. The number of aryl methyl sites for hydroxylation is 1. The largest absolute Gasteiger partial charge is 0.497 e. The number of aliphatic carboxylic acids is 1. The molecule has 0 saturated carbocycles. The van der Waals surface area contributed by atoms with Crippen LogP contribution in [0.2, 0.25) is 0 Å². The minimum absolute atomic E-state index is 0.350. The lowest BCUT2D eigenvalue weighted by Crippen LogP contribution is -2.32. The molecule has 1 atom stereocenters. The summed E-state index contributed by atoms with van der Waals surface area (Å²) in [5, 5.41) is 8.76. The Morgan fingerprint density at radius 3 is 2.69 bits per heavy atom. The molecule has 1 aromatic carbocycles. The fraction of sp³-hybridized carbons (Fsp3) is 0.417. The number of nitrogens with two attached hydrogens (primary N) is 1. The molecule has 0 aromatic heterocycles. The second-order valence-electron chi connectivity index (χ2n) is 3.64. The number of carboxylic acids is 1. The van der Waals surface area contributed by atoms with Crippen molar-refractivity contribution in [3.8, 4) is 5.75 Å². The normalized spacial score (nSPS) is 12.2. The van der Waals surface area contributed by atoms with E-state index in [4.69, 9.17) is 15.6 Å². The summed E-state index contributed by atoms with van der Waals surface area (Å²) in [7, 11) is 1.61. The first-order chi connectivity index (χ1) is 7.58. The Morgan fingerprint density at radius 1 is 1.50 bits per heavy atom. The number of rotatable bonds is 5. The summed E-state index contributed by atoms with van der Waals surface area (Å²) in [5.74, 6) is -0.192. The summed E-state index contributed by atoms with van der Waals surface area (Å²) in [6, 6.07) is 4.77. The van der Waals surface area contributed by atoms with Crippen LogP contribution in [0.4, 0.5) is 0 Å². The molecule has 88 valence electrons. The van der Waals surface area contributed by atoms with Crippen molar-refractivity contribution in [3.63, 3.8) is 0 Å². The maximum atomic E-state index is 10.7. The molecule has 1 aromatic rings. The van der Waals surface area contributed by atoms with Gasteiger partial charge in [-0.25, -0.2) is 0 Å². The summed E-state index contributed by atoms with van der Waals surface area (Å²) in [5.41, 5.74) is 7.56. The topological polar surface area (TPSA) is 72.5 Å². The summed E-state index contributed by atoms with van der Waals surface area (Å²) in [6.07, 6.45) is 1.18. The number of methoxy groups -OCH3 is 1.